The topological polar surface area (TPSA) is 78.9 Å². The molecule has 0 fully saturated rings. The summed E-state index contributed by atoms with van der Waals surface area (Å²) < 4.78 is 16.5. The van der Waals surface area contributed by atoms with Crippen molar-refractivity contribution in [2.45, 2.75) is 207 Å². The van der Waals surface area contributed by atoms with Crippen LogP contribution in [0.5, 0.6) is 0 Å². The van der Waals surface area contributed by atoms with E-state index in [9.17, 15) is 14.4 Å². The molecule has 0 amide bonds. The van der Waals surface area contributed by atoms with E-state index in [-0.39, 0.29) is 31.1 Å². The summed E-state index contributed by atoms with van der Waals surface area (Å²) in [6.45, 7) is 8.80. The Morgan fingerprint density at radius 2 is 0.750 bits per heavy atom. The summed E-state index contributed by atoms with van der Waals surface area (Å²) >= 11 is 0. The van der Waals surface area contributed by atoms with E-state index in [0.29, 0.717) is 19.3 Å². The number of ether oxygens (including phenoxy) is 3. The average Bonchev–Trinajstić information content (AvgIpc) is 3.00. The summed E-state index contributed by atoms with van der Waals surface area (Å²) in [5.74, 6) is -0.121. The molecule has 0 aliphatic rings. The van der Waals surface area contributed by atoms with Gasteiger partial charge in [0.1, 0.15) is 13.2 Å². The smallest absolute Gasteiger partial charge is 0.306 e. The maximum absolute atomic E-state index is 12.6. The van der Waals surface area contributed by atoms with Crippen molar-refractivity contribution in [1.82, 2.24) is 0 Å². The number of carbonyl (C=O) groups excluding carboxylic acids is 3. The molecule has 0 rings (SSSR count). The lowest BCUT2D eigenvalue weighted by Crippen LogP contribution is -2.30. The van der Waals surface area contributed by atoms with Crippen LogP contribution in [0.25, 0.3) is 0 Å². The zero-order chi connectivity index (χ0) is 32.5. The van der Waals surface area contributed by atoms with E-state index in [4.69, 9.17) is 14.2 Å². The predicted octanol–water partition coefficient (Wildman–Crippen LogP) is 11.2. The minimum absolute atomic E-state index is 0.0675. The minimum Gasteiger partial charge on any atom is -0.462 e. The molecule has 0 unspecified atom stereocenters. The molecule has 0 heterocycles. The van der Waals surface area contributed by atoms with Crippen LogP contribution in [0.3, 0.4) is 0 Å². The van der Waals surface area contributed by atoms with Crippen molar-refractivity contribution in [3.05, 3.63) is 0 Å². The fraction of sp³-hybridized carbons (Fsp3) is 0.921. The van der Waals surface area contributed by atoms with Gasteiger partial charge in [-0.3, -0.25) is 14.4 Å². The second kappa shape index (κ2) is 32.8. The fourth-order valence-electron chi connectivity index (χ4n) is 5.39. The summed E-state index contributed by atoms with van der Waals surface area (Å²) in [6, 6.07) is 0. The summed E-state index contributed by atoms with van der Waals surface area (Å²) in [7, 11) is 0. The highest BCUT2D eigenvalue weighted by Crippen LogP contribution is 2.15. The van der Waals surface area contributed by atoms with Crippen LogP contribution in [0.1, 0.15) is 201 Å². The number of hydrogen-bond acceptors (Lipinski definition) is 6. The van der Waals surface area contributed by atoms with Crippen LogP contribution in [0.2, 0.25) is 0 Å². The second-order valence-electron chi connectivity index (χ2n) is 13.3. The number of carbonyl (C=O) groups is 3. The van der Waals surface area contributed by atoms with E-state index in [1.807, 2.05) is 0 Å². The maximum Gasteiger partial charge on any atom is 0.306 e. The predicted molar refractivity (Wildman–Crippen MR) is 183 cm³/mol. The van der Waals surface area contributed by atoms with Crippen LogP contribution in [0.15, 0.2) is 0 Å². The lowest BCUT2D eigenvalue weighted by atomic mass is 10.0. The van der Waals surface area contributed by atoms with E-state index in [2.05, 4.69) is 27.7 Å². The highest BCUT2D eigenvalue weighted by molar-refractivity contribution is 5.71. The van der Waals surface area contributed by atoms with Gasteiger partial charge in [-0.05, 0) is 25.2 Å². The Hall–Kier alpha value is -1.59. The van der Waals surface area contributed by atoms with Crippen LogP contribution in [-0.4, -0.2) is 37.2 Å². The fourth-order valence-corrected chi connectivity index (χ4v) is 5.39. The Morgan fingerprint density at radius 1 is 0.432 bits per heavy atom. The molecule has 0 aromatic rings. The van der Waals surface area contributed by atoms with Crippen molar-refractivity contribution in [3.8, 4) is 0 Å². The van der Waals surface area contributed by atoms with E-state index in [1.165, 1.54) is 89.9 Å². The van der Waals surface area contributed by atoms with E-state index < -0.39 is 6.10 Å². The molecule has 0 radical (unpaired) electrons. The minimum atomic E-state index is -0.756. The number of hydrogen-bond donors (Lipinski definition) is 0. The van der Waals surface area contributed by atoms with Crippen LogP contribution < -0.4 is 0 Å². The average molecular weight is 625 g/mol. The quantitative estimate of drug-likeness (QED) is 0.0410. The molecule has 1 atom stereocenters. The molecule has 0 aromatic carbocycles. The first-order chi connectivity index (χ1) is 21.4. The van der Waals surface area contributed by atoms with Gasteiger partial charge in [0.25, 0.3) is 0 Å². The van der Waals surface area contributed by atoms with Gasteiger partial charge >= 0.3 is 17.9 Å². The Kier molecular flexibility index (Phi) is 31.6. The van der Waals surface area contributed by atoms with E-state index >= 15 is 0 Å². The molecule has 0 saturated carbocycles. The zero-order valence-corrected chi connectivity index (χ0v) is 29.6. The SMILES string of the molecule is CCCCCCCCCCCCCCC(=O)O[C@@H](COC(=O)CCCCCCC)COC(=O)CCCCCCCCC(C)C. The molecule has 0 saturated heterocycles. The molecule has 6 heteroatoms. The third-order valence-corrected chi connectivity index (χ3v) is 8.29. The Labute approximate surface area is 272 Å². The van der Waals surface area contributed by atoms with Gasteiger partial charge in [0.2, 0.25) is 0 Å². The van der Waals surface area contributed by atoms with Gasteiger partial charge in [-0.25, -0.2) is 0 Å². The first-order valence-electron chi connectivity index (χ1n) is 18.9. The van der Waals surface area contributed by atoms with Gasteiger partial charge in [0.15, 0.2) is 6.10 Å². The molecule has 6 nitrogen and oxygen atoms in total. The molecule has 0 N–H and O–H groups in total. The molecular formula is C38H72O6. The van der Waals surface area contributed by atoms with Gasteiger partial charge in [-0.2, -0.15) is 0 Å². The maximum atomic E-state index is 12.6. The number of unbranched alkanes of at least 4 members (excludes halogenated alkanes) is 20. The Balaban J connectivity index is 4.28. The third-order valence-electron chi connectivity index (χ3n) is 8.29. The monoisotopic (exact) mass is 625 g/mol. The Morgan fingerprint density at radius 3 is 1.11 bits per heavy atom. The van der Waals surface area contributed by atoms with Crippen molar-refractivity contribution in [1.29, 1.82) is 0 Å². The number of esters is 3. The van der Waals surface area contributed by atoms with Crippen LogP contribution >= 0.6 is 0 Å². The van der Waals surface area contributed by atoms with Gasteiger partial charge in [-0.15, -0.1) is 0 Å². The first-order valence-corrected chi connectivity index (χ1v) is 18.9. The standard InChI is InChI=1S/C38H72O6/c1-5-7-9-11-12-13-14-15-16-17-23-27-31-38(41)44-35(32-42-36(39)29-25-20-10-8-6-2)33-43-37(40)30-26-22-19-18-21-24-28-34(3)4/h34-35H,5-33H2,1-4H3/t35-/m0/s1. The van der Waals surface area contributed by atoms with E-state index in [1.54, 1.807) is 0 Å². The van der Waals surface area contributed by atoms with E-state index in [0.717, 1.165) is 70.1 Å². The molecule has 44 heavy (non-hydrogen) atoms. The van der Waals surface area contributed by atoms with Crippen LogP contribution in [0.4, 0.5) is 0 Å². The van der Waals surface area contributed by atoms with Crippen molar-refractivity contribution < 1.29 is 28.6 Å². The Bertz CT molecular complexity index is 662. The lowest BCUT2D eigenvalue weighted by molar-refractivity contribution is -0.167. The van der Waals surface area contributed by atoms with Crippen molar-refractivity contribution in [3.63, 3.8) is 0 Å². The molecule has 0 aromatic heterocycles. The zero-order valence-electron chi connectivity index (χ0n) is 29.6. The summed E-state index contributed by atoms with van der Waals surface area (Å²) in [5.41, 5.74) is 0. The highest BCUT2D eigenvalue weighted by atomic mass is 16.6. The molecule has 0 bridgehead atoms. The van der Waals surface area contributed by atoms with Crippen LogP contribution in [-0.2, 0) is 28.6 Å². The highest BCUT2D eigenvalue weighted by Gasteiger charge is 2.19. The summed E-state index contributed by atoms with van der Waals surface area (Å²) in [5, 5.41) is 0. The molecule has 260 valence electrons. The first kappa shape index (κ1) is 42.4. The summed E-state index contributed by atoms with van der Waals surface area (Å²) in [4.78, 5) is 37.1. The van der Waals surface area contributed by atoms with Gasteiger partial charge in [-0.1, -0.05) is 163 Å². The molecule has 0 spiro atoms. The molecule has 0 aliphatic heterocycles. The van der Waals surface area contributed by atoms with Crippen LogP contribution in [0, 0.1) is 5.92 Å². The van der Waals surface area contributed by atoms with Gasteiger partial charge in [0.05, 0.1) is 0 Å². The second-order valence-corrected chi connectivity index (χ2v) is 13.3. The van der Waals surface area contributed by atoms with Gasteiger partial charge in [0, 0.05) is 19.3 Å². The van der Waals surface area contributed by atoms with Gasteiger partial charge < -0.3 is 14.2 Å². The molecule has 0 aliphatic carbocycles. The lowest BCUT2D eigenvalue weighted by Gasteiger charge is -2.18. The number of rotatable bonds is 33. The van der Waals surface area contributed by atoms with Crippen molar-refractivity contribution >= 4 is 17.9 Å². The normalized spacial score (nSPS) is 11.9. The largest absolute Gasteiger partial charge is 0.462 e. The molecular weight excluding hydrogens is 552 g/mol. The third kappa shape index (κ3) is 31.8. The van der Waals surface area contributed by atoms with Crippen molar-refractivity contribution in [2.75, 3.05) is 13.2 Å². The summed E-state index contributed by atoms with van der Waals surface area (Å²) in [6.07, 6.45) is 28.4. The van der Waals surface area contributed by atoms with Crippen molar-refractivity contribution in [2.24, 2.45) is 5.92 Å².